The van der Waals surface area contributed by atoms with Gasteiger partial charge in [-0.05, 0) is 61.6 Å². The van der Waals surface area contributed by atoms with E-state index >= 15 is 0 Å². The third kappa shape index (κ3) is 3.85. The van der Waals surface area contributed by atoms with Crippen LogP contribution in [-0.4, -0.2) is 13.1 Å². The number of benzene rings is 1. The second-order valence-corrected chi connectivity index (χ2v) is 6.84. The summed E-state index contributed by atoms with van der Waals surface area (Å²) in [6.07, 6.45) is 6.74. The fourth-order valence-corrected chi connectivity index (χ4v) is 3.68. The van der Waals surface area contributed by atoms with Crippen molar-refractivity contribution in [2.75, 3.05) is 7.05 Å². The summed E-state index contributed by atoms with van der Waals surface area (Å²) in [5.74, 6) is 2.39. The van der Waals surface area contributed by atoms with Crippen LogP contribution in [0.1, 0.15) is 63.5 Å². The van der Waals surface area contributed by atoms with Crippen LogP contribution in [0.15, 0.2) is 24.3 Å². The number of hydrogen-bond acceptors (Lipinski definition) is 1. The van der Waals surface area contributed by atoms with Crippen molar-refractivity contribution < 1.29 is 0 Å². The van der Waals surface area contributed by atoms with Crippen LogP contribution in [-0.2, 0) is 6.42 Å². The third-order valence-electron chi connectivity index (χ3n) is 5.18. The van der Waals surface area contributed by atoms with Crippen molar-refractivity contribution in [1.29, 1.82) is 0 Å². The molecule has 1 nitrogen and oxygen atoms in total. The van der Waals surface area contributed by atoms with Crippen LogP contribution in [0.25, 0.3) is 0 Å². The van der Waals surface area contributed by atoms with Crippen LogP contribution < -0.4 is 5.32 Å². The van der Waals surface area contributed by atoms with Crippen LogP contribution >= 0.6 is 0 Å². The second kappa shape index (κ2) is 7.26. The summed E-state index contributed by atoms with van der Waals surface area (Å²) in [7, 11) is 2.13. The summed E-state index contributed by atoms with van der Waals surface area (Å²) < 4.78 is 0. The summed E-state index contributed by atoms with van der Waals surface area (Å²) in [5, 5.41) is 3.55. The van der Waals surface area contributed by atoms with E-state index in [0.29, 0.717) is 12.0 Å². The molecule has 1 heteroatoms. The largest absolute Gasteiger partial charge is 0.317 e. The van der Waals surface area contributed by atoms with Crippen molar-refractivity contribution in [2.45, 2.75) is 64.8 Å². The Morgan fingerprint density at radius 1 is 1.15 bits per heavy atom. The van der Waals surface area contributed by atoms with Gasteiger partial charge in [-0.3, -0.25) is 0 Å². The Kier molecular flexibility index (Phi) is 5.65. The van der Waals surface area contributed by atoms with E-state index in [9.17, 15) is 0 Å². The summed E-state index contributed by atoms with van der Waals surface area (Å²) in [5.41, 5.74) is 2.96. The highest BCUT2D eigenvalue weighted by molar-refractivity contribution is 5.25. The second-order valence-electron chi connectivity index (χ2n) is 6.84. The van der Waals surface area contributed by atoms with E-state index in [0.717, 1.165) is 11.8 Å². The Morgan fingerprint density at radius 3 is 2.40 bits per heavy atom. The lowest BCUT2D eigenvalue weighted by atomic mass is 9.74. The molecule has 0 aromatic heterocycles. The molecule has 3 atom stereocenters. The lowest BCUT2D eigenvalue weighted by molar-refractivity contribution is 0.205. The van der Waals surface area contributed by atoms with Gasteiger partial charge in [-0.15, -0.1) is 0 Å². The van der Waals surface area contributed by atoms with Crippen LogP contribution in [0.5, 0.6) is 0 Å². The molecule has 1 aromatic rings. The minimum Gasteiger partial charge on any atom is -0.317 e. The quantitative estimate of drug-likeness (QED) is 0.815. The standard InChI is InChI=1S/C19H31N/c1-5-15-8-11-19(20-4)18(12-15)13-16-6-9-17(10-7-16)14(2)3/h6-7,9-10,14-15,18-20H,5,8,11-13H2,1-4H3. The molecule has 1 aliphatic rings. The van der Waals surface area contributed by atoms with E-state index in [1.165, 1.54) is 43.2 Å². The van der Waals surface area contributed by atoms with Crippen molar-refractivity contribution in [3.63, 3.8) is 0 Å². The van der Waals surface area contributed by atoms with Crippen molar-refractivity contribution in [3.05, 3.63) is 35.4 Å². The minimum atomic E-state index is 0.633. The van der Waals surface area contributed by atoms with Gasteiger partial charge >= 0.3 is 0 Å². The van der Waals surface area contributed by atoms with Crippen LogP contribution in [0.2, 0.25) is 0 Å². The first-order valence-corrected chi connectivity index (χ1v) is 8.40. The van der Waals surface area contributed by atoms with Crippen LogP contribution in [0, 0.1) is 11.8 Å². The molecular formula is C19H31N. The van der Waals surface area contributed by atoms with Gasteiger partial charge in [0.25, 0.3) is 0 Å². The molecule has 20 heavy (non-hydrogen) atoms. The first kappa shape index (κ1) is 15.6. The van der Waals surface area contributed by atoms with E-state index in [-0.39, 0.29) is 0 Å². The fourth-order valence-electron chi connectivity index (χ4n) is 3.68. The van der Waals surface area contributed by atoms with Crippen LogP contribution in [0.3, 0.4) is 0 Å². The summed E-state index contributed by atoms with van der Waals surface area (Å²) in [6, 6.07) is 10.0. The molecule has 0 saturated heterocycles. The van der Waals surface area contributed by atoms with Gasteiger partial charge in [-0.25, -0.2) is 0 Å². The van der Waals surface area contributed by atoms with E-state index in [1.54, 1.807) is 0 Å². The molecule has 0 radical (unpaired) electrons. The molecule has 1 aromatic carbocycles. The average molecular weight is 273 g/mol. The molecule has 0 aliphatic heterocycles. The molecule has 1 aliphatic carbocycles. The number of rotatable bonds is 5. The summed E-state index contributed by atoms with van der Waals surface area (Å²) >= 11 is 0. The highest BCUT2D eigenvalue weighted by atomic mass is 14.9. The van der Waals surface area contributed by atoms with Gasteiger partial charge in [0.2, 0.25) is 0 Å². The smallest absolute Gasteiger partial charge is 0.00957 e. The molecule has 1 saturated carbocycles. The molecule has 2 rings (SSSR count). The van der Waals surface area contributed by atoms with E-state index in [1.807, 2.05) is 0 Å². The zero-order valence-corrected chi connectivity index (χ0v) is 13.7. The Labute approximate surface area is 125 Å². The molecule has 112 valence electrons. The lowest BCUT2D eigenvalue weighted by Gasteiger charge is -2.36. The predicted octanol–water partition coefficient (Wildman–Crippen LogP) is 4.77. The molecule has 0 spiro atoms. The van der Waals surface area contributed by atoms with Crippen LogP contribution in [0.4, 0.5) is 0 Å². The Hall–Kier alpha value is -0.820. The summed E-state index contributed by atoms with van der Waals surface area (Å²) in [6.45, 7) is 6.87. The van der Waals surface area contributed by atoms with Crippen molar-refractivity contribution >= 4 is 0 Å². The van der Waals surface area contributed by atoms with Crippen molar-refractivity contribution in [1.82, 2.24) is 5.32 Å². The van der Waals surface area contributed by atoms with E-state index < -0.39 is 0 Å². The third-order valence-corrected chi connectivity index (χ3v) is 5.18. The normalized spacial score (nSPS) is 26.9. The first-order valence-electron chi connectivity index (χ1n) is 8.40. The highest BCUT2D eigenvalue weighted by Crippen LogP contribution is 2.33. The minimum absolute atomic E-state index is 0.633. The number of nitrogens with one attached hydrogen (secondary N) is 1. The SMILES string of the molecule is CCC1CCC(NC)C(Cc2ccc(C(C)C)cc2)C1. The fraction of sp³-hybridized carbons (Fsp3) is 0.684. The molecular weight excluding hydrogens is 242 g/mol. The zero-order valence-electron chi connectivity index (χ0n) is 13.7. The average Bonchev–Trinajstić information content (AvgIpc) is 2.47. The zero-order chi connectivity index (χ0) is 14.5. The van der Waals surface area contributed by atoms with Gasteiger partial charge in [0, 0.05) is 6.04 Å². The van der Waals surface area contributed by atoms with Gasteiger partial charge < -0.3 is 5.32 Å². The van der Waals surface area contributed by atoms with Gasteiger partial charge in [0.05, 0.1) is 0 Å². The molecule has 1 N–H and O–H groups in total. The van der Waals surface area contributed by atoms with Gasteiger partial charge in [0.15, 0.2) is 0 Å². The number of hydrogen-bond donors (Lipinski definition) is 1. The Bertz CT molecular complexity index is 393. The molecule has 1 fully saturated rings. The maximum Gasteiger partial charge on any atom is 0.00957 e. The first-order chi connectivity index (χ1) is 9.63. The van der Waals surface area contributed by atoms with Gasteiger partial charge in [-0.2, -0.15) is 0 Å². The van der Waals surface area contributed by atoms with E-state index in [2.05, 4.69) is 57.4 Å². The topological polar surface area (TPSA) is 12.0 Å². The van der Waals surface area contributed by atoms with Gasteiger partial charge in [-0.1, -0.05) is 51.5 Å². The van der Waals surface area contributed by atoms with Crippen molar-refractivity contribution in [2.24, 2.45) is 11.8 Å². The predicted molar refractivity (Wildman–Crippen MR) is 88.2 cm³/mol. The molecule has 3 unspecified atom stereocenters. The molecule has 0 heterocycles. The Morgan fingerprint density at radius 2 is 1.85 bits per heavy atom. The maximum absolute atomic E-state index is 3.55. The lowest BCUT2D eigenvalue weighted by Crippen LogP contribution is -2.39. The Balaban J connectivity index is 2.02. The maximum atomic E-state index is 3.55. The molecule has 0 bridgehead atoms. The highest BCUT2D eigenvalue weighted by Gasteiger charge is 2.28. The monoisotopic (exact) mass is 273 g/mol. The van der Waals surface area contributed by atoms with Gasteiger partial charge in [0.1, 0.15) is 0 Å². The summed E-state index contributed by atoms with van der Waals surface area (Å²) in [4.78, 5) is 0. The van der Waals surface area contributed by atoms with E-state index in [4.69, 9.17) is 0 Å². The molecule has 0 amide bonds. The van der Waals surface area contributed by atoms with Crippen molar-refractivity contribution in [3.8, 4) is 0 Å².